The summed E-state index contributed by atoms with van der Waals surface area (Å²) in [5.74, 6) is 0.510. The molecule has 134 valence electrons. The van der Waals surface area contributed by atoms with Gasteiger partial charge in [-0.2, -0.15) is 0 Å². The first kappa shape index (κ1) is 17.2. The predicted molar refractivity (Wildman–Crippen MR) is 106 cm³/mol. The van der Waals surface area contributed by atoms with Crippen LogP contribution in [0.25, 0.3) is 5.57 Å². The van der Waals surface area contributed by atoms with E-state index in [2.05, 4.69) is 40.6 Å². The van der Waals surface area contributed by atoms with Crippen LogP contribution in [-0.2, 0) is 4.79 Å². The summed E-state index contributed by atoms with van der Waals surface area (Å²) >= 11 is 1.70. The molecule has 2 aliphatic rings. The first-order valence-corrected chi connectivity index (χ1v) is 10.3. The molecule has 1 aromatic carbocycles. The normalized spacial score (nSPS) is 20.3. The van der Waals surface area contributed by atoms with E-state index in [-0.39, 0.29) is 17.5 Å². The van der Waals surface area contributed by atoms with E-state index in [4.69, 9.17) is 0 Å². The lowest BCUT2D eigenvalue weighted by molar-refractivity contribution is -0.119. The van der Waals surface area contributed by atoms with Crippen LogP contribution in [0.15, 0.2) is 52.2 Å². The van der Waals surface area contributed by atoms with Crippen LogP contribution in [0.1, 0.15) is 48.4 Å². The Hall–Kier alpha value is -2.27. The third kappa shape index (κ3) is 3.63. The first-order chi connectivity index (χ1) is 12.6. The molecule has 0 spiro atoms. The first-order valence-electron chi connectivity index (χ1n) is 9.03. The number of benzene rings is 1. The van der Waals surface area contributed by atoms with Crippen LogP contribution in [-0.4, -0.2) is 23.2 Å². The second-order valence-electron chi connectivity index (χ2n) is 6.95. The molecule has 0 unspecified atom stereocenters. The third-order valence-electron chi connectivity index (χ3n) is 5.04. The Morgan fingerprint density at radius 3 is 2.42 bits per heavy atom. The van der Waals surface area contributed by atoms with Gasteiger partial charge in [-0.1, -0.05) is 24.3 Å². The van der Waals surface area contributed by atoms with Crippen LogP contribution in [0.5, 0.6) is 0 Å². The van der Waals surface area contributed by atoms with Gasteiger partial charge in [0.25, 0.3) is 5.56 Å². The number of amides is 1. The molecule has 2 aromatic rings. The number of pyridine rings is 1. The van der Waals surface area contributed by atoms with Gasteiger partial charge in [-0.3, -0.25) is 9.59 Å². The monoisotopic (exact) mass is 366 g/mol. The lowest BCUT2D eigenvalue weighted by atomic mass is 9.98. The van der Waals surface area contributed by atoms with Crippen molar-refractivity contribution in [3.63, 3.8) is 0 Å². The molecule has 1 saturated heterocycles. The van der Waals surface area contributed by atoms with Gasteiger partial charge in [0, 0.05) is 34.2 Å². The predicted octanol–water partition coefficient (Wildman–Crippen LogP) is 3.68. The van der Waals surface area contributed by atoms with E-state index in [1.807, 2.05) is 18.4 Å². The molecule has 2 fully saturated rings. The van der Waals surface area contributed by atoms with Crippen LogP contribution < -0.4 is 10.9 Å². The van der Waals surface area contributed by atoms with E-state index >= 15 is 0 Å². The number of carbonyl (C=O) groups excluding carboxylic acids is 1. The summed E-state index contributed by atoms with van der Waals surface area (Å²) in [6, 6.07) is 12.3. The molecule has 1 amide bonds. The molecule has 1 aliphatic heterocycles. The number of carbonyl (C=O) groups is 1. The topological polar surface area (TPSA) is 62.0 Å². The third-order valence-corrected chi connectivity index (χ3v) is 5.79. The lowest BCUT2D eigenvalue weighted by Crippen LogP contribution is -2.23. The molecule has 1 aliphatic carbocycles. The number of hydrogen-bond acceptors (Lipinski definition) is 3. The van der Waals surface area contributed by atoms with Gasteiger partial charge in [-0.15, -0.1) is 11.8 Å². The Kier molecular flexibility index (Phi) is 4.72. The number of aromatic nitrogens is 1. The van der Waals surface area contributed by atoms with E-state index in [1.165, 1.54) is 4.90 Å². The summed E-state index contributed by atoms with van der Waals surface area (Å²) in [6.07, 6.45) is 7.67. The van der Waals surface area contributed by atoms with Crippen molar-refractivity contribution in [2.45, 2.75) is 42.5 Å². The molecule has 4 nitrogen and oxygen atoms in total. The fourth-order valence-electron chi connectivity index (χ4n) is 3.43. The number of rotatable bonds is 5. The van der Waals surface area contributed by atoms with Gasteiger partial charge in [0.1, 0.15) is 0 Å². The highest BCUT2D eigenvalue weighted by Crippen LogP contribution is 2.38. The maximum Gasteiger partial charge on any atom is 0.251 e. The minimum atomic E-state index is 0.00402. The summed E-state index contributed by atoms with van der Waals surface area (Å²) in [5, 5.41) is 2.99. The van der Waals surface area contributed by atoms with Crippen molar-refractivity contribution >= 4 is 23.2 Å². The highest BCUT2D eigenvalue weighted by molar-refractivity contribution is 7.98. The molecule has 0 bridgehead atoms. The Bertz CT molecular complexity index is 910. The SMILES string of the molecule is CSc1ccc(/C(=C/[C@H]2CCC(=O)N2)c2ccc(C3CC3)c(=O)[nH]2)cc1. The minimum absolute atomic E-state index is 0.00402. The van der Waals surface area contributed by atoms with Gasteiger partial charge in [0.2, 0.25) is 5.91 Å². The Balaban J connectivity index is 1.74. The molecule has 26 heavy (non-hydrogen) atoms. The average Bonchev–Trinajstić information content (AvgIpc) is 3.41. The van der Waals surface area contributed by atoms with E-state index in [1.54, 1.807) is 11.8 Å². The number of aromatic amines is 1. The molecule has 1 saturated carbocycles. The van der Waals surface area contributed by atoms with Crippen molar-refractivity contribution in [2.24, 2.45) is 0 Å². The Morgan fingerprint density at radius 1 is 1.08 bits per heavy atom. The molecular weight excluding hydrogens is 344 g/mol. The van der Waals surface area contributed by atoms with Gasteiger partial charge < -0.3 is 10.3 Å². The van der Waals surface area contributed by atoms with Crippen molar-refractivity contribution in [1.29, 1.82) is 0 Å². The van der Waals surface area contributed by atoms with Crippen molar-refractivity contribution in [1.82, 2.24) is 10.3 Å². The van der Waals surface area contributed by atoms with Crippen LogP contribution in [0.2, 0.25) is 0 Å². The smallest absolute Gasteiger partial charge is 0.251 e. The molecule has 1 atom stereocenters. The standard InChI is InChI=1S/C21H22N2O2S/c1-26-16-7-4-14(5-8-16)18(12-15-6-11-20(24)22-15)19-10-9-17(13-2-3-13)21(25)23-19/h4-5,7-10,12-13,15H,2-3,6,11H2,1H3,(H,22,24)(H,23,25)/b18-12-/t15-/m1/s1. The minimum Gasteiger partial charge on any atom is -0.350 e. The fraction of sp³-hybridized carbons (Fsp3) is 0.333. The Morgan fingerprint density at radius 2 is 1.85 bits per heavy atom. The molecule has 2 N–H and O–H groups in total. The summed E-state index contributed by atoms with van der Waals surface area (Å²) < 4.78 is 0. The summed E-state index contributed by atoms with van der Waals surface area (Å²) in [6.45, 7) is 0. The van der Waals surface area contributed by atoms with Crippen molar-refractivity contribution in [3.05, 3.63) is 69.6 Å². The van der Waals surface area contributed by atoms with Gasteiger partial charge in [-0.25, -0.2) is 0 Å². The quantitative estimate of drug-likeness (QED) is 0.794. The van der Waals surface area contributed by atoms with E-state index in [0.29, 0.717) is 12.3 Å². The molecule has 4 rings (SSSR count). The zero-order chi connectivity index (χ0) is 18.1. The average molecular weight is 366 g/mol. The van der Waals surface area contributed by atoms with E-state index in [9.17, 15) is 9.59 Å². The molecular formula is C21H22N2O2S. The van der Waals surface area contributed by atoms with Crippen LogP contribution >= 0.6 is 11.8 Å². The zero-order valence-electron chi connectivity index (χ0n) is 14.7. The summed E-state index contributed by atoms with van der Waals surface area (Å²) in [4.78, 5) is 28.3. The maximum absolute atomic E-state index is 12.5. The molecule has 0 radical (unpaired) electrons. The van der Waals surface area contributed by atoms with E-state index < -0.39 is 0 Å². The van der Waals surface area contributed by atoms with Gasteiger partial charge >= 0.3 is 0 Å². The van der Waals surface area contributed by atoms with Crippen molar-refractivity contribution in [3.8, 4) is 0 Å². The second-order valence-corrected chi connectivity index (χ2v) is 7.83. The van der Waals surface area contributed by atoms with E-state index in [0.717, 1.165) is 41.7 Å². The largest absolute Gasteiger partial charge is 0.350 e. The number of thioether (sulfide) groups is 1. The maximum atomic E-state index is 12.5. The second kappa shape index (κ2) is 7.16. The highest BCUT2D eigenvalue weighted by atomic mass is 32.2. The number of nitrogens with one attached hydrogen (secondary N) is 2. The van der Waals surface area contributed by atoms with Crippen LogP contribution in [0.4, 0.5) is 0 Å². The van der Waals surface area contributed by atoms with Gasteiger partial charge in [0.15, 0.2) is 0 Å². The lowest BCUT2D eigenvalue weighted by Gasteiger charge is -2.13. The number of H-pyrrole nitrogens is 1. The molecule has 5 heteroatoms. The van der Waals surface area contributed by atoms with Gasteiger partial charge in [0.05, 0.1) is 0 Å². The Labute approximate surface area is 157 Å². The highest BCUT2D eigenvalue weighted by Gasteiger charge is 2.26. The van der Waals surface area contributed by atoms with Crippen molar-refractivity contribution < 1.29 is 4.79 Å². The van der Waals surface area contributed by atoms with Crippen molar-refractivity contribution in [2.75, 3.05) is 6.26 Å². The zero-order valence-corrected chi connectivity index (χ0v) is 15.6. The summed E-state index contributed by atoms with van der Waals surface area (Å²) in [7, 11) is 0. The van der Waals surface area contributed by atoms with Crippen LogP contribution in [0, 0.1) is 0 Å². The van der Waals surface area contributed by atoms with Gasteiger partial charge in [-0.05, 0) is 55.2 Å². The molecule has 2 heterocycles. The van der Waals surface area contributed by atoms with Crippen LogP contribution in [0.3, 0.4) is 0 Å². The summed E-state index contributed by atoms with van der Waals surface area (Å²) in [5.41, 5.74) is 3.70. The molecule has 1 aromatic heterocycles. The number of hydrogen-bond donors (Lipinski definition) is 2. The fourth-order valence-corrected chi connectivity index (χ4v) is 3.84.